The molecule has 3 nitrogen and oxygen atoms in total. The highest BCUT2D eigenvalue weighted by Crippen LogP contribution is 2.13. The van der Waals surface area contributed by atoms with Gasteiger partial charge in [-0.2, -0.15) is 5.10 Å². The van der Waals surface area contributed by atoms with Gasteiger partial charge in [-0.15, -0.1) is 0 Å². The number of anilines is 1. The third kappa shape index (κ3) is 2.21. The molecule has 0 aliphatic heterocycles. The van der Waals surface area contributed by atoms with Crippen molar-refractivity contribution in [2.75, 3.05) is 5.32 Å². The molecule has 0 bridgehead atoms. The summed E-state index contributed by atoms with van der Waals surface area (Å²) in [5, 5.41) is 7.21. The number of hydrogen-bond acceptors (Lipinski definition) is 2. The lowest BCUT2D eigenvalue weighted by Crippen LogP contribution is -2.08. The SMILES string of the molecule is CCn1nccc1CNc1ccccc1F. The summed E-state index contributed by atoms with van der Waals surface area (Å²) in [7, 11) is 0. The average Bonchev–Trinajstić information content (AvgIpc) is 2.75. The summed E-state index contributed by atoms with van der Waals surface area (Å²) in [6, 6.07) is 8.58. The van der Waals surface area contributed by atoms with Gasteiger partial charge < -0.3 is 5.32 Å². The van der Waals surface area contributed by atoms with Crippen molar-refractivity contribution in [1.82, 2.24) is 9.78 Å². The molecule has 0 aliphatic rings. The molecule has 0 fully saturated rings. The molecule has 2 rings (SSSR count). The monoisotopic (exact) mass is 219 g/mol. The Bertz CT molecular complexity index is 465. The van der Waals surface area contributed by atoms with Gasteiger partial charge in [0.05, 0.1) is 17.9 Å². The maximum atomic E-state index is 13.3. The van der Waals surface area contributed by atoms with E-state index in [1.807, 2.05) is 23.7 Å². The zero-order chi connectivity index (χ0) is 11.4. The van der Waals surface area contributed by atoms with Crippen molar-refractivity contribution in [1.29, 1.82) is 0 Å². The molecule has 0 radical (unpaired) electrons. The number of nitrogens with one attached hydrogen (secondary N) is 1. The number of nitrogens with zero attached hydrogens (tertiary/aromatic N) is 2. The first-order valence-corrected chi connectivity index (χ1v) is 5.30. The first-order chi connectivity index (χ1) is 7.81. The third-order valence-corrected chi connectivity index (χ3v) is 2.44. The van der Waals surface area contributed by atoms with Crippen LogP contribution in [0, 0.1) is 5.82 Å². The fourth-order valence-electron chi connectivity index (χ4n) is 1.59. The van der Waals surface area contributed by atoms with E-state index < -0.39 is 0 Å². The van der Waals surface area contributed by atoms with Gasteiger partial charge in [0.25, 0.3) is 0 Å². The topological polar surface area (TPSA) is 29.9 Å². The van der Waals surface area contributed by atoms with Crippen molar-refractivity contribution in [2.24, 2.45) is 0 Å². The van der Waals surface area contributed by atoms with E-state index in [4.69, 9.17) is 0 Å². The Morgan fingerprint density at radius 1 is 1.31 bits per heavy atom. The summed E-state index contributed by atoms with van der Waals surface area (Å²) in [5.41, 5.74) is 1.57. The molecule has 16 heavy (non-hydrogen) atoms. The van der Waals surface area contributed by atoms with Crippen molar-refractivity contribution in [3.05, 3.63) is 48.0 Å². The van der Waals surface area contributed by atoms with Crippen LogP contribution in [0.4, 0.5) is 10.1 Å². The van der Waals surface area contributed by atoms with E-state index in [2.05, 4.69) is 10.4 Å². The van der Waals surface area contributed by atoms with Crippen molar-refractivity contribution in [3.8, 4) is 0 Å². The molecule has 0 amide bonds. The Morgan fingerprint density at radius 2 is 2.12 bits per heavy atom. The van der Waals surface area contributed by atoms with E-state index in [1.54, 1.807) is 18.3 Å². The molecule has 0 spiro atoms. The highest BCUT2D eigenvalue weighted by atomic mass is 19.1. The Morgan fingerprint density at radius 3 is 2.88 bits per heavy atom. The molecule has 1 aromatic heterocycles. The summed E-state index contributed by atoms with van der Waals surface area (Å²) >= 11 is 0. The van der Waals surface area contributed by atoms with Gasteiger partial charge in [0.1, 0.15) is 5.82 Å². The van der Waals surface area contributed by atoms with E-state index in [-0.39, 0.29) is 5.82 Å². The normalized spacial score (nSPS) is 10.4. The van der Waals surface area contributed by atoms with Crippen LogP contribution < -0.4 is 5.32 Å². The van der Waals surface area contributed by atoms with Gasteiger partial charge in [-0.05, 0) is 25.1 Å². The van der Waals surface area contributed by atoms with Crippen LogP contribution in [0.3, 0.4) is 0 Å². The second kappa shape index (κ2) is 4.79. The predicted molar refractivity (Wildman–Crippen MR) is 61.6 cm³/mol. The molecular weight excluding hydrogens is 205 g/mol. The van der Waals surface area contributed by atoms with Crippen LogP contribution in [-0.2, 0) is 13.1 Å². The Kier molecular flexibility index (Phi) is 3.19. The maximum Gasteiger partial charge on any atom is 0.146 e. The van der Waals surface area contributed by atoms with Gasteiger partial charge >= 0.3 is 0 Å². The minimum absolute atomic E-state index is 0.231. The minimum atomic E-state index is -0.231. The van der Waals surface area contributed by atoms with Crippen LogP contribution in [0.1, 0.15) is 12.6 Å². The standard InChI is InChI=1S/C12H14FN3/c1-2-16-10(7-8-15-16)9-14-12-6-4-3-5-11(12)13/h3-8,14H,2,9H2,1H3. The number of hydrogen-bond donors (Lipinski definition) is 1. The average molecular weight is 219 g/mol. The largest absolute Gasteiger partial charge is 0.377 e. The summed E-state index contributed by atoms with van der Waals surface area (Å²) < 4.78 is 15.2. The molecule has 0 aliphatic carbocycles. The van der Waals surface area contributed by atoms with E-state index in [1.165, 1.54) is 6.07 Å². The lowest BCUT2D eigenvalue weighted by Gasteiger charge is -2.08. The van der Waals surface area contributed by atoms with E-state index >= 15 is 0 Å². The van der Waals surface area contributed by atoms with Gasteiger partial charge in [-0.25, -0.2) is 4.39 Å². The molecule has 2 aromatic rings. The third-order valence-electron chi connectivity index (χ3n) is 2.44. The number of halogens is 1. The van der Waals surface area contributed by atoms with Crippen LogP contribution in [0.5, 0.6) is 0 Å². The minimum Gasteiger partial charge on any atom is -0.377 e. The smallest absolute Gasteiger partial charge is 0.146 e. The summed E-state index contributed by atoms with van der Waals surface area (Å²) in [5.74, 6) is -0.231. The van der Waals surface area contributed by atoms with Crippen LogP contribution >= 0.6 is 0 Å². The van der Waals surface area contributed by atoms with Gasteiger partial charge in [0.2, 0.25) is 0 Å². The number of rotatable bonds is 4. The van der Waals surface area contributed by atoms with E-state index in [0.29, 0.717) is 12.2 Å². The zero-order valence-corrected chi connectivity index (χ0v) is 9.15. The van der Waals surface area contributed by atoms with E-state index in [9.17, 15) is 4.39 Å². The predicted octanol–water partition coefficient (Wildman–Crippen LogP) is 2.65. The van der Waals surface area contributed by atoms with Gasteiger partial charge in [0.15, 0.2) is 0 Å². The second-order valence-corrected chi connectivity index (χ2v) is 3.47. The van der Waals surface area contributed by atoms with E-state index in [0.717, 1.165) is 12.2 Å². The lowest BCUT2D eigenvalue weighted by molar-refractivity contribution is 0.619. The number of para-hydroxylation sites is 1. The maximum absolute atomic E-state index is 13.3. The van der Waals surface area contributed by atoms with Crippen LogP contribution in [0.15, 0.2) is 36.5 Å². The van der Waals surface area contributed by atoms with Crippen molar-refractivity contribution >= 4 is 5.69 Å². The van der Waals surface area contributed by atoms with Crippen LogP contribution in [-0.4, -0.2) is 9.78 Å². The number of aryl methyl sites for hydroxylation is 1. The molecule has 4 heteroatoms. The highest BCUT2D eigenvalue weighted by molar-refractivity contribution is 5.44. The first-order valence-electron chi connectivity index (χ1n) is 5.30. The molecular formula is C12H14FN3. The molecule has 84 valence electrons. The fraction of sp³-hybridized carbons (Fsp3) is 0.250. The number of aromatic nitrogens is 2. The second-order valence-electron chi connectivity index (χ2n) is 3.47. The molecule has 0 saturated carbocycles. The fourth-order valence-corrected chi connectivity index (χ4v) is 1.59. The highest BCUT2D eigenvalue weighted by Gasteiger charge is 2.02. The summed E-state index contributed by atoms with van der Waals surface area (Å²) in [6.45, 7) is 3.43. The molecule has 0 unspecified atom stereocenters. The van der Waals surface area contributed by atoms with Crippen molar-refractivity contribution in [2.45, 2.75) is 20.0 Å². The van der Waals surface area contributed by atoms with Crippen molar-refractivity contribution < 1.29 is 4.39 Å². The molecule has 1 heterocycles. The van der Waals surface area contributed by atoms with Crippen molar-refractivity contribution in [3.63, 3.8) is 0 Å². The van der Waals surface area contributed by atoms with Crippen LogP contribution in [0.2, 0.25) is 0 Å². The number of benzene rings is 1. The molecule has 0 atom stereocenters. The van der Waals surface area contributed by atoms with Gasteiger partial charge in [-0.1, -0.05) is 12.1 Å². The quantitative estimate of drug-likeness (QED) is 0.856. The Labute approximate surface area is 93.9 Å². The van der Waals surface area contributed by atoms with Gasteiger partial charge in [-0.3, -0.25) is 4.68 Å². The summed E-state index contributed by atoms with van der Waals surface area (Å²) in [4.78, 5) is 0. The zero-order valence-electron chi connectivity index (χ0n) is 9.15. The Balaban J connectivity index is 2.05. The summed E-state index contributed by atoms with van der Waals surface area (Å²) in [6.07, 6.45) is 1.75. The van der Waals surface area contributed by atoms with Gasteiger partial charge in [0, 0.05) is 12.7 Å². The van der Waals surface area contributed by atoms with Crippen LogP contribution in [0.25, 0.3) is 0 Å². The first kappa shape index (κ1) is 10.7. The molecule has 0 saturated heterocycles. The molecule has 1 N–H and O–H groups in total. The lowest BCUT2D eigenvalue weighted by atomic mass is 10.3. The Hall–Kier alpha value is -1.84. The molecule has 1 aromatic carbocycles.